The fourth-order valence-electron chi connectivity index (χ4n) is 2.32. The molecule has 0 bridgehead atoms. The number of nitrogens with zero attached hydrogens (tertiary/aromatic N) is 2. The number of morpholine rings is 1. The molecule has 3 nitrogen and oxygen atoms in total. The van der Waals surface area contributed by atoms with Crippen LogP contribution in [0.15, 0.2) is 42.6 Å². The lowest BCUT2D eigenvalue weighted by Gasteiger charge is -2.30. The highest BCUT2D eigenvalue weighted by Crippen LogP contribution is 2.32. The molecule has 1 saturated heterocycles. The van der Waals surface area contributed by atoms with Crippen LogP contribution in [0.4, 0.5) is 5.69 Å². The average molecular weight is 275 g/mol. The van der Waals surface area contributed by atoms with Gasteiger partial charge in [0.15, 0.2) is 0 Å². The van der Waals surface area contributed by atoms with E-state index in [1.807, 2.05) is 30.3 Å². The predicted molar refractivity (Wildman–Crippen MR) is 77.7 cm³/mol. The Kier molecular flexibility index (Phi) is 3.67. The summed E-state index contributed by atoms with van der Waals surface area (Å²) in [5.41, 5.74) is 3.20. The smallest absolute Gasteiger partial charge is 0.0723 e. The quantitative estimate of drug-likeness (QED) is 0.841. The molecule has 0 saturated carbocycles. The zero-order valence-electron chi connectivity index (χ0n) is 10.6. The summed E-state index contributed by atoms with van der Waals surface area (Å²) < 4.78 is 5.41. The molecule has 1 aromatic heterocycles. The molecular formula is C15H15ClN2O. The highest BCUT2D eigenvalue weighted by atomic mass is 35.5. The van der Waals surface area contributed by atoms with Gasteiger partial charge in [-0.15, -0.1) is 0 Å². The number of benzene rings is 1. The monoisotopic (exact) mass is 274 g/mol. The Morgan fingerprint density at radius 1 is 1.11 bits per heavy atom. The number of halogens is 1. The zero-order valence-corrected chi connectivity index (χ0v) is 11.3. The van der Waals surface area contributed by atoms with Crippen molar-refractivity contribution in [3.8, 4) is 11.3 Å². The molecule has 19 heavy (non-hydrogen) atoms. The molecule has 1 aromatic carbocycles. The van der Waals surface area contributed by atoms with Crippen LogP contribution in [-0.2, 0) is 4.74 Å². The minimum Gasteiger partial charge on any atom is -0.378 e. The van der Waals surface area contributed by atoms with Crippen molar-refractivity contribution in [1.29, 1.82) is 0 Å². The first-order valence-electron chi connectivity index (χ1n) is 6.38. The normalized spacial score (nSPS) is 15.5. The van der Waals surface area contributed by atoms with Gasteiger partial charge in [-0.2, -0.15) is 0 Å². The van der Waals surface area contributed by atoms with Crippen LogP contribution in [0, 0.1) is 0 Å². The standard InChI is InChI=1S/C15H15ClN2O/c16-12-4-5-15(18-7-9-19-10-8-18)13(11-12)14-3-1-2-6-17-14/h1-6,11H,7-10H2. The largest absolute Gasteiger partial charge is 0.378 e. The van der Waals surface area contributed by atoms with Gasteiger partial charge in [0, 0.05) is 35.6 Å². The summed E-state index contributed by atoms with van der Waals surface area (Å²) in [7, 11) is 0. The van der Waals surface area contributed by atoms with Crippen LogP contribution >= 0.6 is 11.6 Å². The number of hydrogen-bond acceptors (Lipinski definition) is 3. The molecule has 0 radical (unpaired) electrons. The Hall–Kier alpha value is -1.58. The Morgan fingerprint density at radius 2 is 1.95 bits per heavy atom. The number of anilines is 1. The van der Waals surface area contributed by atoms with E-state index in [-0.39, 0.29) is 0 Å². The summed E-state index contributed by atoms with van der Waals surface area (Å²) in [5, 5.41) is 0.734. The maximum atomic E-state index is 6.13. The second-order valence-corrected chi connectivity index (χ2v) is 4.91. The first kappa shape index (κ1) is 12.5. The third-order valence-electron chi connectivity index (χ3n) is 3.25. The summed E-state index contributed by atoms with van der Waals surface area (Å²) in [6.07, 6.45) is 1.80. The molecule has 2 aromatic rings. The second-order valence-electron chi connectivity index (χ2n) is 4.48. The maximum Gasteiger partial charge on any atom is 0.0723 e. The van der Waals surface area contributed by atoms with Gasteiger partial charge in [0.1, 0.15) is 0 Å². The SMILES string of the molecule is Clc1ccc(N2CCOCC2)c(-c2ccccn2)c1. The van der Waals surface area contributed by atoms with E-state index >= 15 is 0 Å². The van der Waals surface area contributed by atoms with Gasteiger partial charge in [0.05, 0.1) is 18.9 Å². The molecule has 98 valence electrons. The summed E-state index contributed by atoms with van der Waals surface area (Å²) in [6.45, 7) is 3.34. The molecule has 0 aliphatic carbocycles. The summed E-state index contributed by atoms with van der Waals surface area (Å²) in [6, 6.07) is 11.9. The van der Waals surface area contributed by atoms with Gasteiger partial charge in [-0.05, 0) is 30.3 Å². The van der Waals surface area contributed by atoms with Crippen molar-refractivity contribution < 1.29 is 4.74 Å². The fraction of sp³-hybridized carbons (Fsp3) is 0.267. The number of pyridine rings is 1. The third-order valence-corrected chi connectivity index (χ3v) is 3.49. The molecule has 0 unspecified atom stereocenters. The highest BCUT2D eigenvalue weighted by molar-refractivity contribution is 6.31. The minimum atomic E-state index is 0.734. The fourth-order valence-corrected chi connectivity index (χ4v) is 2.49. The molecular weight excluding hydrogens is 260 g/mol. The molecule has 0 amide bonds. The van der Waals surface area contributed by atoms with Crippen molar-refractivity contribution in [2.45, 2.75) is 0 Å². The van der Waals surface area contributed by atoms with Gasteiger partial charge in [0.2, 0.25) is 0 Å². The lowest BCUT2D eigenvalue weighted by molar-refractivity contribution is 0.123. The molecule has 1 aliphatic rings. The van der Waals surface area contributed by atoms with E-state index < -0.39 is 0 Å². The molecule has 1 fully saturated rings. The van der Waals surface area contributed by atoms with Crippen molar-refractivity contribution >= 4 is 17.3 Å². The van der Waals surface area contributed by atoms with Crippen molar-refractivity contribution in [3.05, 3.63) is 47.6 Å². The van der Waals surface area contributed by atoms with Gasteiger partial charge in [-0.25, -0.2) is 0 Å². The van der Waals surface area contributed by atoms with Gasteiger partial charge in [-0.3, -0.25) is 4.98 Å². The van der Waals surface area contributed by atoms with E-state index in [0.29, 0.717) is 0 Å². The van der Waals surface area contributed by atoms with E-state index in [1.165, 1.54) is 5.69 Å². The van der Waals surface area contributed by atoms with Gasteiger partial charge < -0.3 is 9.64 Å². The Bertz CT molecular complexity index is 553. The van der Waals surface area contributed by atoms with Crippen LogP contribution in [0.5, 0.6) is 0 Å². The lowest BCUT2D eigenvalue weighted by Crippen LogP contribution is -2.36. The van der Waals surface area contributed by atoms with E-state index in [4.69, 9.17) is 16.3 Å². The number of aromatic nitrogens is 1. The summed E-state index contributed by atoms with van der Waals surface area (Å²) in [5.74, 6) is 0. The molecule has 3 rings (SSSR count). The molecule has 2 heterocycles. The van der Waals surface area contributed by atoms with Crippen LogP contribution < -0.4 is 4.90 Å². The van der Waals surface area contributed by atoms with Crippen molar-refractivity contribution in [1.82, 2.24) is 4.98 Å². The first-order chi connectivity index (χ1) is 9.34. The van der Waals surface area contributed by atoms with Crippen LogP contribution in [0.2, 0.25) is 5.02 Å². The summed E-state index contributed by atoms with van der Waals surface area (Å²) in [4.78, 5) is 6.75. The van der Waals surface area contributed by atoms with E-state index in [1.54, 1.807) is 6.20 Å². The molecule has 1 aliphatic heterocycles. The Labute approximate surface area is 117 Å². The van der Waals surface area contributed by atoms with Crippen LogP contribution in [-0.4, -0.2) is 31.3 Å². The number of ether oxygens (including phenoxy) is 1. The van der Waals surface area contributed by atoms with E-state index in [2.05, 4.69) is 16.0 Å². The van der Waals surface area contributed by atoms with Crippen molar-refractivity contribution in [2.75, 3.05) is 31.2 Å². The minimum absolute atomic E-state index is 0.734. The van der Waals surface area contributed by atoms with Crippen LogP contribution in [0.3, 0.4) is 0 Å². The third kappa shape index (κ3) is 2.72. The van der Waals surface area contributed by atoms with Gasteiger partial charge in [-0.1, -0.05) is 17.7 Å². The second kappa shape index (κ2) is 5.59. The highest BCUT2D eigenvalue weighted by Gasteiger charge is 2.16. The van der Waals surface area contributed by atoms with Crippen LogP contribution in [0.1, 0.15) is 0 Å². The lowest BCUT2D eigenvalue weighted by atomic mass is 10.1. The molecule has 0 N–H and O–H groups in total. The van der Waals surface area contributed by atoms with Crippen molar-refractivity contribution in [2.24, 2.45) is 0 Å². The average Bonchev–Trinajstić information content (AvgIpc) is 2.49. The predicted octanol–water partition coefficient (Wildman–Crippen LogP) is 3.24. The number of hydrogen-bond donors (Lipinski definition) is 0. The Balaban J connectivity index is 2.04. The van der Waals surface area contributed by atoms with Gasteiger partial charge in [0.25, 0.3) is 0 Å². The molecule has 0 atom stereocenters. The van der Waals surface area contributed by atoms with E-state index in [9.17, 15) is 0 Å². The van der Waals surface area contributed by atoms with E-state index in [0.717, 1.165) is 42.6 Å². The van der Waals surface area contributed by atoms with Crippen LogP contribution in [0.25, 0.3) is 11.3 Å². The maximum absolute atomic E-state index is 6.13. The Morgan fingerprint density at radius 3 is 2.68 bits per heavy atom. The van der Waals surface area contributed by atoms with Crippen molar-refractivity contribution in [3.63, 3.8) is 0 Å². The van der Waals surface area contributed by atoms with Gasteiger partial charge >= 0.3 is 0 Å². The topological polar surface area (TPSA) is 25.4 Å². The molecule has 4 heteroatoms. The zero-order chi connectivity index (χ0) is 13.1. The summed E-state index contributed by atoms with van der Waals surface area (Å²) >= 11 is 6.13. The number of rotatable bonds is 2. The first-order valence-corrected chi connectivity index (χ1v) is 6.76. The molecule has 0 spiro atoms.